The summed E-state index contributed by atoms with van der Waals surface area (Å²) in [6.07, 6.45) is 4.56. The van der Waals surface area contributed by atoms with E-state index in [-0.39, 0.29) is 0 Å². The van der Waals surface area contributed by atoms with Crippen LogP contribution in [0.25, 0.3) is 0 Å². The molecule has 1 aliphatic rings. The fourth-order valence-corrected chi connectivity index (χ4v) is 2.67. The van der Waals surface area contributed by atoms with E-state index in [2.05, 4.69) is 40.6 Å². The van der Waals surface area contributed by atoms with Gasteiger partial charge in [-0.2, -0.15) is 0 Å². The van der Waals surface area contributed by atoms with Crippen LogP contribution in [-0.2, 0) is 17.7 Å². The Morgan fingerprint density at radius 3 is 2.70 bits per heavy atom. The van der Waals surface area contributed by atoms with Gasteiger partial charge in [-0.15, -0.1) is 0 Å². The van der Waals surface area contributed by atoms with Crippen LogP contribution in [0.1, 0.15) is 17.5 Å². The monoisotopic (exact) mass is 274 g/mol. The predicted octanol–water partition coefficient (Wildman–Crippen LogP) is 2.23. The number of hydrogen-bond donors (Lipinski definition) is 1. The maximum absolute atomic E-state index is 5.20. The lowest BCUT2D eigenvalue weighted by Crippen LogP contribution is -2.29. The molecule has 110 valence electrons. The average molecular weight is 274 g/mol. The Labute approximate surface area is 122 Å². The Morgan fingerprint density at radius 1 is 1.25 bits per heavy atom. The van der Waals surface area contributed by atoms with E-state index in [0.29, 0.717) is 0 Å². The van der Waals surface area contributed by atoms with E-state index in [4.69, 9.17) is 4.74 Å². The van der Waals surface area contributed by atoms with E-state index in [1.54, 1.807) is 7.11 Å². The molecule has 0 aromatic heterocycles. The number of nitrogens with one attached hydrogen (secondary N) is 1. The van der Waals surface area contributed by atoms with Crippen LogP contribution in [0.15, 0.2) is 35.9 Å². The summed E-state index contributed by atoms with van der Waals surface area (Å²) in [5.41, 5.74) is 4.37. The highest BCUT2D eigenvalue weighted by molar-refractivity contribution is 5.27. The summed E-state index contributed by atoms with van der Waals surface area (Å²) >= 11 is 0. The first-order valence-electron chi connectivity index (χ1n) is 7.44. The minimum atomic E-state index is 0.784. The molecule has 0 radical (unpaired) electrons. The largest absolute Gasteiger partial charge is 0.380 e. The van der Waals surface area contributed by atoms with Gasteiger partial charge in [-0.1, -0.05) is 30.3 Å². The molecule has 0 atom stereocenters. The van der Waals surface area contributed by atoms with E-state index in [1.807, 2.05) is 7.05 Å². The van der Waals surface area contributed by atoms with Crippen molar-refractivity contribution in [3.63, 3.8) is 0 Å². The molecular formula is C17H26N2O. The van der Waals surface area contributed by atoms with Crippen LogP contribution in [0, 0.1) is 0 Å². The van der Waals surface area contributed by atoms with Crippen LogP contribution in [0.2, 0.25) is 0 Å². The van der Waals surface area contributed by atoms with Crippen molar-refractivity contribution < 1.29 is 4.74 Å². The second-order valence-corrected chi connectivity index (χ2v) is 5.40. The third kappa shape index (κ3) is 4.44. The Balaban J connectivity index is 1.94. The molecule has 1 aromatic rings. The highest BCUT2D eigenvalue weighted by atomic mass is 16.5. The van der Waals surface area contributed by atoms with Crippen molar-refractivity contribution >= 4 is 0 Å². The Morgan fingerprint density at radius 2 is 2.05 bits per heavy atom. The molecule has 3 nitrogen and oxygen atoms in total. The Bertz CT molecular complexity index is 442. The summed E-state index contributed by atoms with van der Waals surface area (Å²) in [5, 5.41) is 3.23. The van der Waals surface area contributed by atoms with Crippen molar-refractivity contribution in [1.82, 2.24) is 10.2 Å². The lowest BCUT2D eigenvalue weighted by molar-refractivity contribution is 0.210. The first-order valence-corrected chi connectivity index (χ1v) is 7.44. The fraction of sp³-hybridized carbons (Fsp3) is 0.529. The van der Waals surface area contributed by atoms with Gasteiger partial charge in [-0.05, 0) is 43.1 Å². The molecule has 1 heterocycles. The number of ether oxygens (including phenoxy) is 1. The summed E-state index contributed by atoms with van der Waals surface area (Å²) < 4.78 is 5.20. The van der Waals surface area contributed by atoms with Crippen LogP contribution in [0.5, 0.6) is 0 Å². The van der Waals surface area contributed by atoms with Crippen molar-refractivity contribution in [1.29, 1.82) is 0 Å². The molecule has 1 aromatic carbocycles. The van der Waals surface area contributed by atoms with Crippen molar-refractivity contribution in [2.24, 2.45) is 0 Å². The fourth-order valence-electron chi connectivity index (χ4n) is 2.67. The van der Waals surface area contributed by atoms with Gasteiger partial charge >= 0.3 is 0 Å². The molecule has 0 spiro atoms. The molecule has 1 N–H and O–H groups in total. The minimum absolute atomic E-state index is 0.784. The quantitative estimate of drug-likeness (QED) is 0.772. The van der Waals surface area contributed by atoms with Gasteiger partial charge in [0.15, 0.2) is 0 Å². The molecule has 0 aliphatic carbocycles. The van der Waals surface area contributed by atoms with E-state index in [0.717, 1.165) is 45.6 Å². The molecule has 0 amide bonds. The molecule has 0 unspecified atom stereocenters. The topological polar surface area (TPSA) is 24.5 Å². The highest BCUT2D eigenvalue weighted by Gasteiger charge is 2.13. The lowest BCUT2D eigenvalue weighted by atomic mass is 10.0. The number of benzene rings is 1. The predicted molar refractivity (Wildman–Crippen MR) is 83.9 cm³/mol. The summed E-state index contributed by atoms with van der Waals surface area (Å²) in [7, 11) is 3.78. The minimum Gasteiger partial charge on any atom is -0.380 e. The maximum atomic E-state index is 5.20. The second kappa shape index (κ2) is 8.20. The number of nitrogens with zero attached hydrogens (tertiary/aromatic N) is 1. The Hall–Kier alpha value is -1.16. The van der Waals surface area contributed by atoms with Gasteiger partial charge in [0.2, 0.25) is 0 Å². The van der Waals surface area contributed by atoms with Crippen LogP contribution < -0.4 is 5.32 Å². The molecule has 1 aliphatic heterocycles. The summed E-state index contributed by atoms with van der Waals surface area (Å²) in [6, 6.07) is 8.80. The summed E-state index contributed by atoms with van der Waals surface area (Å²) in [6.45, 7) is 5.05. The van der Waals surface area contributed by atoms with Crippen molar-refractivity contribution in [2.45, 2.75) is 19.4 Å². The number of likely N-dealkylation sites (N-methyl/N-ethyl adjacent to an activating group) is 1. The van der Waals surface area contributed by atoms with Gasteiger partial charge in [-0.3, -0.25) is 4.90 Å². The smallest absolute Gasteiger partial charge is 0.0673 e. The molecule has 20 heavy (non-hydrogen) atoms. The van der Waals surface area contributed by atoms with Gasteiger partial charge in [0.25, 0.3) is 0 Å². The molecule has 0 fully saturated rings. The molecule has 0 bridgehead atoms. The van der Waals surface area contributed by atoms with Crippen LogP contribution in [0.4, 0.5) is 0 Å². The van der Waals surface area contributed by atoms with Crippen molar-refractivity contribution in [3.8, 4) is 0 Å². The normalized spacial score (nSPS) is 16.2. The zero-order chi connectivity index (χ0) is 14.2. The molecule has 2 rings (SSSR count). The van der Waals surface area contributed by atoms with Gasteiger partial charge in [-0.25, -0.2) is 0 Å². The van der Waals surface area contributed by atoms with Crippen LogP contribution in [-0.4, -0.2) is 45.3 Å². The zero-order valence-electron chi connectivity index (χ0n) is 12.7. The van der Waals surface area contributed by atoms with E-state index >= 15 is 0 Å². The zero-order valence-corrected chi connectivity index (χ0v) is 12.7. The summed E-state index contributed by atoms with van der Waals surface area (Å²) in [5.74, 6) is 0. The molecule has 0 saturated carbocycles. The SMILES string of the molecule is CNCCc1ccccc1CN1CC=C(COC)CC1. The molecule has 3 heteroatoms. The molecule has 0 saturated heterocycles. The number of methoxy groups -OCH3 is 1. The second-order valence-electron chi connectivity index (χ2n) is 5.40. The van der Waals surface area contributed by atoms with E-state index < -0.39 is 0 Å². The van der Waals surface area contributed by atoms with Gasteiger partial charge < -0.3 is 10.1 Å². The van der Waals surface area contributed by atoms with Crippen molar-refractivity contribution in [2.75, 3.05) is 40.4 Å². The highest BCUT2D eigenvalue weighted by Crippen LogP contribution is 2.17. The van der Waals surface area contributed by atoms with Crippen LogP contribution >= 0.6 is 0 Å². The van der Waals surface area contributed by atoms with Crippen LogP contribution in [0.3, 0.4) is 0 Å². The average Bonchev–Trinajstić information content (AvgIpc) is 2.49. The number of hydrogen-bond acceptors (Lipinski definition) is 3. The van der Waals surface area contributed by atoms with Crippen molar-refractivity contribution in [3.05, 3.63) is 47.0 Å². The van der Waals surface area contributed by atoms with Gasteiger partial charge in [0.05, 0.1) is 6.61 Å². The lowest BCUT2D eigenvalue weighted by Gasteiger charge is -2.27. The third-order valence-corrected chi connectivity index (χ3v) is 3.87. The van der Waals surface area contributed by atoms with E-state index in [1.165, 1.54) is 16.7 Å². The maximum Gasteiger partial charge on any atom is 0.0673 e. The molecular weight excluding hydrogens is 248 g/mol. The summed E-state index contributed by atoms with van der Waals surface area (Å²) in [4.78, 5) is 2.51. The first-order chi connectivity index (χ1) is 9.83. The van der Waals surface area contributed by atoms with E-state index in [9.17, 15) is 0 Å². The standard InChI is InChI=1S/C17H26N2O/c1-18-10-7-16-5-3-4-6-17(16)13-19-11-8-15(9-12-19)14-20-2/h3-6,8,18H,7,9-14H2,1-2H3. The Kier molecular flexibility index (Phi) is 6.25. The first kappa shape index (κ1) is 15.2. The third-order valence-electron chi connectivity index (χ3n) is 3.87. The van der Waals surface area contributed by atoms with Gasteiger partial charge in [0.1, 0.15) is 0 Å². The number of rotatable bonds is 7. The van der Waals surface area contributed by atoms with Gasteiger partial charge in [0, 0.05) is 26.7 Å².